The molecule has 1 fully saturated rings. The molecule has 0 saturated heterocycles. The number of nitrogens with two attached hydrogens (primary N) is 1. The van der Waals surface area contributed by atoms with Gasteiger partial charge in [-0.05, 0) is 71.6 Å². The molecule has 4 heteroatoms. The molecule has 0 unspecified atom stereocenters. The van der Waals surface area contributed by atoms with Gasteiger partial charge in [-0.3, -0.25) is 0 Å². The van der Waals surface area contributed by atoms with Crippen molar-refractivity contribution in [2.24, 2.45) is 17.1 Å². The third kappa shape index (κ3) is 4.45. The van der Waals surface area contributed by atoms with Crippen LogP contribution < -0.4 is 10.5 Å². The highest BCUT2D eigenvalue weighted by Gasteiger charge is 2.30. The number of ether oxygens (including phenoxy) is 1. The van der Waals surface area contributed by atoms with Gasteiger partial charge in [-0.2, -0.15) is 0 Å². The largest absolute Gasteiger partial charge is 0.490 e. The molecule has 0 heterocycles. The summed E-state index contributed by atoms with van der Waals surface area (Å²) >= 11 is 0. The summed E-state index contributed by atoms with van der Waals surface area (Å²) in [4.78, 5) is 0. The van der Waals surface area contributed by atoms with E-state index in [1.807, 2.05) is 30.3 Å². The lowest BCUT2D eigenvalue weighted by molar-refractivity contribution is 0.0883. The van der Waals surface area contributed by atoms with Crippen LogP contribution in [0.2, 0.25) is 0 Å². The Morgan fingerprint density at radius 2 is 1.52 bits per heavy atom. The summed E-state index contributed by atoms with van der Waals surface area (Å²) in [6.45, 7) is 6.40. The van der Waals surface area contributed by atoms with E-state index >= 15 is 0 Å². The Hall–Kier alpha value is -1.62. The zero-order valence-corrected chi connectivity index (χ0v) is 16.7. The van der Waals surface area contributed by atoms with Crippen LogP contribution in [0.5, 0.6) is 5.75 Å². The van der Waals surface area contributed by atoms with E-state index in [9.17, 15) is 10.2 Å². The molecule has 4 N–H and O–H groups in total. The van der Waals surface area contributed by atoms with Crippen molar-refractivity contribution < 1.29 is 14.9 Å². The van der Waals surface area contributed by atoms with Crippen molar-refractivity contribution in [2.45, 2.75) is 58.1 Å². The fourth-order valence-electron chi connectivity index (χ4n) is 4.08. The Labute approximate surface area is 162 Å². The molecule has 0 bridgehead atoms. The Kier molecular flexibility index (Phi) is 5.80. The lowest BCUT2D eigenvalue weighted by atomic mass is 9.72. The molecule has 27 heavy (non-hydrogen) atoms. The van der Waals surface area contributed by atoms with Crippen molar-refractivity contribution in [2.75, 3.05) is 13.2 Å². The number of aliphatic hydroxyl groups is 2. The molecule has 0 spiro atoms. The predicted molar refractivity (Wildman–Crippen MR) is 110 cm³/mol. The SMILES string of the molecule is CC(C)(C)C1CCC(Oc2ccc3cc(C(N)(CO)CO)ccc3c2)CC1. The minimum Gasteiger partial charge on any atom is -0.490 e. The predicted octanol–water partition coefficient (Wildman–Crippen LogP) is 3.96. The van der Waals surface area contributed by atoms with Crippen LogP contribution in [0.3, 0.4) is 0 Å². The highest BCUT2D eigenvalue weighted by atomic mass is 16.5. The first kappa shape index (κ1) is 20.1. The third-order valence-electron chi connectivity index (χ3n) is 6.15. The first-order chi connectivity index (χ1) is 12.7. The van der Waals surface area contributed by atoms with E-state index in [0.717, 1.165) is 40.8 Å². The van der Waals surface area contributed by atoms with Gasteiger partial charge in [0, 0.05) is 0 Å². The van der Waals surface area contributed by atoms with E-state index in [0.29, 0.717) is 11.5 Å². The summed E-state index contributed by atoms with van der Waals surface area (Å²) in [5, 5.41) is 21.1. The van der Waals surface area contributed by atoms with Crippen molar-refractivity contribution >= 4 is 10.8 Å². The molecule has 2 aromatic carbocycles. The van der Waals surface area contributed by atoms with Crippen LogP contribution in [0.15, 0.2) is 36.4 Å². The molecule has 1 aliphatic carbocycles. The molecule has 1 saturated carbocycles. The van der Waals surface area contributed by atoms with Crippen molar-refractivity contribution in [3.63, 3.8) is 0 Å². The van der Waals surface area contributed by atoms with Crippen LogP contribution in [-0.4, -0.2) is 29.5 Å². The maximum atomic E-state index is 9.50. The fourth-order valence-corrected chi connectivity index (χ4v) is 4.08. The normalized spacial score (nSPS) is 21.4. The van der Waals surface area contributed by atoms with Gasteiger partial charge in [0.25, 0.3) is 0 Å². The summed E-state index contributed by atoms with van der Waals surface area (Å²) in [5.74, 6) is 1.68. The second-order valence-corrected chi connectivity index (χ2v) is 9.15. The van der Waals surface area contributed by atoms with E-state index < -0.39 is 5.54 Å². The molecule has 0 aliphatic heterocycles. The van der Waals surface area contributed by atoms with E-state index in [1.54, 1.807) is 0 Å². The maximum absolute atomic E-state index is 9.50. The standard InChI is InChI=1S/C23H33NO3/c1-22(2,3)18-7-10-20(11-8-18)27-21-9-5-16-12-19(6-4-17(16)13-21)23(24,14-25)15-26/h4-6,9,12-13,18,20,25-26H,7-8,10-11,14-15,24H2,1-3H3. The van der Waals surface area contributed by atoms with Gasteiger partial charge in [0.1, 0.15) is 5.75 Å². The molecule has 0 radical (unpaired) electrons. The van der Waals surface area contributed by atoms with Gasteiger partial charge in [0.2, 0.25) is 0 Å². The monoisotopic (exact) mass is 371 g/mol. The Bertz CT molecular complexity index is 769. The van der Waals surface area contributed by atoms with Crippen molar-refractivity contribution in [1.82, 2.24) is 0 Å². The molecule has 4 nitrogen and oxygen atoms in total. The maximum Gasteiger partial charge on any atom is 0.120 e. The van der Waals surface area contributed by atoms with Crippen molar-refractivity contribution in [3.05, 3.63) is 42.0 Å². The molecule has 2 aromatic rings. The van der Waals surface area contributed by atoms with Gasteiger partial charge in [0.05, 0.1) is 24.9 Å². The van der Waals surface area contributed by atoms with Gasteiger partial charge >= 0.3 is 0 Å². The minimum atomic E-state index is -1.12. The lowest BCUT2D eigenvalue weighted by Crippen LogP contribution is -2.44. The molecule has 3 rings (SSSR count). The van der Waals surface area contributed by atoms with E-state index in [-0.39, 0.29) is 13.2 Å². The molecule has 0 atom stereocenters. The first-order valence-corrected chi connectivity index (χ1v) is 9.97. The summed E-state index contributed by atoms with van der Waals surface area (Å²) in [6, 6.07) is 11.8. The van der Waals surface area contributed by atoms with Gasteiger partial charge in [0.15, 0.2) is 0 Å². The highest BCUT2D eigenvalue weighted by molar-refractivity contribution is 5.84. The highest BCUT2D eigenvalue weighted by Crippen LogP contribution is 2.39. The number of fused-ring (bicyclic) bond motifs is 1. The summed E-state index contributed by atoms with van der Waals surface area (Å²) in [7, 11) is 0. The topological polar surface area (TPSA) is 75.7 Å². The second kappa shape index (κ2) is 7.78. The fraction of sp³-hybridized carbons (Fsp3) is 0.565. The number of aliphatic hydroxyl groups excluding tert-OH is 2. The third-order valence-corrected chi connectivity index (χ3v) is 6.15. The number of hydrogen-bond acceptors (Lipinski definition) is 4. The van der Waals surface area contributed by atoms with Gasteiger partial charge in [-0.25, -0.2) is 0 Å². The Morgan fingerprint density at radius 1 is 0.926 bits per heavy atom. The van der Waals surface area contributed by atoms with Crippen LogP contribution in [0.25, 0.3) is 10.8 Å². The van der Waals surface area contributed by atoms with Crippen LogP contribution in [0.1, 0.15) is 52.0 Å². The minimum absolute atomic E-state index is 0.292. The molecular weight excluding hydrogens is 338 g/mol. The molecular formula is C23H33NO3. The number of hydrogen-bond donors (Lipinski definition) is 3. The lowest BCUT2D eigenvalue weighted by Gasteiger charge is -2.37. The van der Waals surface area contributed by atoms with Crippen molar-refractivity contribution in [3.8, 4) is 5.75 Å². The summed E-state index contributed by atoms with van der Waals surface area (Å²) in [6.07, 6.45) is 4.97. The van der Waals surface area contributed by atoms with Crippen LogP contribution in [0.4, 0.5) is 0 Å². The number of rotatable bonds is 5. The quantitative estimate of drug-likeness (QED) is 0.743. The smallest absolute Gasteiger partial charge is 0.120 e. The van der Waals surface area contributed by atoms with Gasteiger partial charge in [-0.15, -0.1) is 0 Å². The van der Waals surface area contributed by atoms with Crippen molar-refractivity contribution in [1.29, 1.82) is 0 Å². The van der Waals surface area contributed by atoms with Crippen LogP contribution >= 0.6 is 0 Å². The first-order valence-electron chi connectivity index (χ1n) is 9.97. The van der Waals surface area contributed by atoms with E-state index in [1.165, 1.54) is 12.8 Å². The summed E-state index contributed by atoms with van der Waals surface area (Å²) < 4.78 is 6.26. The Balaban J connectivity index is 1.71. The van der Waals surface area contributed by atoms with Crippen LogP contribution in [-0.2, 0) is 5.54 Å². The molecule has 1 aliphatic rings. The van der Waals surface area contributed by atoms with Gasteiger partial charge < -0.3 is 20.7 Å². The zero-order chi connectivity index (χ0) is 19.7. The average Bonchev–Trinajstić information content (AvgIpc) is 2.66. The molecule has 0 amide bonds. The van der Waals surface area contributed by atoms with E-state index in [2.05, 4.69) is 26.8 Å². The van der Waals surface area contributed by atoms with Crippen LogP contribution in [0, 0.1) is 11.3 Å². The van der Waals surface area contributed by atoms with E-state index in [4.69, 9.17) is 10.5 Å². The molecule has 148 valence electrons. The average molecular weight is 372 g/mol. The Morgan fingerprint density at radius 3 is 2.11 bits per heavy atom. The van der Waals surface area contributed by atoms with Gasteiger partial charge in [-0.1, -0.05) is 39.0 Å². The zero-order valence-electron chi connectivity index (χ0n) is 16.7. The number of benzene rings is 2. The second-order valence-electron chi connectivity index (χ2n) is 9.15. The molecule has 0 aromatic heterocycles. The summed E-state index contributed by atoms with van der Waals surface area (Å²) in [5.41, 5.74) is 6.08.